The maximum absolute atomic E-state index is 3.81. The fourth-order valence-electron chi connectivity index (χ4n) is 0. The van der Waals surface area contributed by atoms with Gasteiger partial charge in [-0.05, 0) is 0 Å². The molecule has 0 aromatic rings. The Labute approximate surface area is 62.3 Å². The molecular formula is CH2I2SV-. The molecule has 5 heavy (non-hydrogen) atoms. The van der Waals surface area contributed by atoms with Crippen LogP contribution in [0.2, 0.25) is 0 Å². The van der Waals surface area contributed by atoms with E-state index in [0.29, 0.717) is 16.5 Å². The van der Waals surface area contributed by atoms with Gasteiger partial charge in [-0.15, -0.1) is 0 Å². The Morgan fingerprint density at radius 2 is 2.00 bits per heavy atom. The van der Waals surface area contributed by atoms with Crippen molar-refractivity contribution < 1.29 is 11.2 Å². The van der Waals surface area contributed by atoms with Crippen LogP contribution in [0.5, 0.6) is 0 Å². The molecule has 0 nitrogen and oxygen atoms in total. The van der Waals surface area contributed by atoms with Crippen molar-refractivity contribution in [3.05, 3.63) is 0 Å². The zero-order chi connectivity index (χ0) is 4.28. The molecule has 4 heteroatoms. The van der Waals surface area contributed by atoms with Crippen molar-refractivity contribution in [3.8, 4) is 0 Å². The van der Waals surface area contributed by atoms with Crippen LogP contribution < -0.4 is 0 Å². The Balaban J connectivity index is 3.62. The first-order chi connectivity index (χ1) is 2.27. The van der Waals surface area contributed by atoms with Crippen molar-refractivity contribution in [2.24, 2.45) is 0 Å². The average Bonchev–Trinajstić information content (AvgIpc) is 1.38. The number of rotatable bonds is 0. The van der Waals surface area contributed by atoms with E-state index in [9.17, 15) is 0 Å². The molecule has 32 valence electrons. The van der Waals surface area contributed by atoms with E-state index in [2.05, 4.69) is 47.1 Å². The number of hydrogen-bond acceptors (Lipinski definition) is 1. The van der Waals surface area contributed by atoms with Gasteiger partial charge in [0.15, 0.2) is 0 Å². The van der Waals surface area contributed by atoms with Crippen LogP contribution in [-0.4, -0.2) is 5.87 Å². The molecule has 0 aromatic carbocycles. The van der Waals surface area contributed by atoms with Gasteiger partial charge in [-0.3, -0.25) is 0 Å². The second kappa shape index (κ2) is 4.42. The molecule has 0 atom stereocenters. The van der Waals surface area contributed by atoms with Crippen LogP contribution >= 0.6 is 41.2 Å². The van der Waals surface area contributed by atoms with Gasteiger partial charge in [-0.1, -0.05) is 0 Å². The molecule has 0 radical (unpaired) electrons. The Kier molecular flexibility index (Phi) is 6.43. The summed E-state index contributed by atoms with van der Waals surface area (Å²) in [7, 11) is 0. The summed E-state index contributed by atoms with van der Waals surface area (Å²) in [6, 6.07) is 0. The minimum absolute atomic E-state index is 0.478. The quantitative estimate of drug-likeness (QED) is 0.355. The maximum atomic E-state index is 3.81. The Hall–Kier alpha value is 2.26. The summed E-state index contributed by atoms with van der Waals surface area (Å²) in [6.45, 7) is 0. The molecule has 0 fully saturated rings. The second-order valence-electron chi connectivity index (χ2n) is 0.376. The third-order valence-corrected chi connectivity index (χ3v) is 18.6. The molecule has 0 rings (SSSR count). The summed E-state index contributed by atoms with van der Waals surface area (Å²) in [5.41, 5.74) is 0. The van der Waals surface area contributed by atoms with Gasteiger partial charge in [0.25, 0.3) is 0 Å². The van der Waals surface area contributed by atoms with Crippen molar-refractivity contribution in [1.82, 2.24) is 0 Å². The molecule has 0 aliphatic heterocycles. The molecule has 0 aliphatic rings. The van der Waals surface area contributed by atoms with Crippen molar-refractivity contribution >= 4 is 52.4 Å². The predicted octanol–water partition coefficient (Wildman–Crippen LogP) is 1.73. The molecule has 0 saturated carbocycles. The van der Waals surface area contributed by atoms with E-state index in [1.54, 1.807) is 0 Å². The molecule has 0 amide bonds. The second-order valence-corrected chi connectivity index (χ2v) is 15.2. The standard InChI is InChI=1S/CH2IS.HI.V/c1-3-2;;/h1H2;1H;/q+1;;-1/p-1. The number of halogens is 2. The zero-order valence-electron chi connectivity index (χ0n) is 2.32. The Morgan fingerprint density at radius 1 is 1.80 bits per heavy atom. The van der Waals surface area contributed by atoms with Gasteiger partial charge in [0.05, 0.1) is 0 Å². The topological polar surface area (TPSA) is 0 Å². The van der Waals surface area contributed by atoms with E-state index < -0.39 is 0 Å². The minimum atomic E-state index is 0.478. The fourth-order valence-corrected chi connectivity index (χ4v) is 0. The van der Waals surface area contributed by atoms with E-state index in [1.807, 2.05) is 0 Å². The first kappa shape index (κ1) is 7.26. The summed E-state index contributed by atoms with van der Waals surface area (Å²) >= 11 is 5.30. The van der Waals surface area contributed by atoms with Gasteiger partial charge in [-0.25, -0.2) is 0 Å². The molecule has 0 spiro atoms. The Bertz CT molecular complexity index is 81.6. The summed E-state index contributed by atoms with van der Waals surface area (Å²) in [5.74, 6) is 3.81. The van der Waals surface area contributed by atoms with Crippen LogP contribution in [0.25, 0.3) is 0 Å². The third-order valence-electron chi connectivity index (χ3n) is 0.0749. The van der Waals surface area contributed by atoms with Gasteiger partial charge in [0.1, 0.15) is 0 Å². The molecule has 0 saturated heterocycles. The van der Waals surface area contributed by atoms with E-state index in [1.165, 1.54) is 0 Å². The first-order valence-corrected chi connectivity index (χ1v) is 10.9. The monoisotopic (exact) mass is 351 g/mol. The summed E-state index contributed by atoms with van der Waals surface area (Å²) < 4.78 is 0. The van der Waals surface area contributed by atoms with Crippen LogP contribution in [0.3, 0.4) is 0 Å². The predicted molar refractivity (Wildman–Crippen MR) is 42.5 cm³/mol. The van der Waals surface area contributed by atoms with Gasteiger partial charge in [-0.2, -0.15) is 0 Å². The van der Waals surface area contributed by atoms with Gasteiger partial charge in [0, 0.05) is 0 Å². The Morgan fingerprint density at radius 3 is 2.00 bits per heavy atom. The summed E-state index contributed by atoms with van der Waals surface area (Å²) in [4.78, 5) is 0. The normalized spacial score (nSPS) is 15.6. The third kappa shape index (κ3) is 6.26. The fraction of sp³-hybridized carbons (Fsp3) is 0. The first-order valence-electron chi connectivity index (χ1n) is 0.795. The van der Waals surface area contributed by atoms with Crippen LogP contribution in [0, 0.1) is 0 Å². The summed E-state index contributed by atoms with van der Waals surface area (Å²) in [5, 5.41) is 0.478. The van der Waals surface area contributed by atoms with E-state index >= 15 is 0 Å². The SMILES string of the molecule is C=[S-](I)=[V][I]. The number of hydrogen-bond donors (Lipinski definition) is 0. The summed E-state index contributed by atoms with van der Waals surface area (Å²) in [6.07, 6.45) is 0. The molecule has 0 aromatic heterocycles. The molecule has 0 unspecified atom stereocenters. The van der Waals surface area contributed by atoms with Crippen molar-refractivity contribution in [1.29, 1.82) is 0 Å². The van der Waals surface area contributed by atoms with Gasteiger partial charge >= 0.3 is 63.5 Å². The molecule has 0 heterocycles. The molecular weight excluding hydrogens is 349 g/mol. The van der Waals surface area contributed by atoms with E-state index in [-0.39, 0.29) is 0 Å². The molecule has 0 bridgehead atoms. The van der Waals surface area contributed by atoms with Crippen LogP contribution in [0.1, 0.15) is 0 Å². The van der Waals surface area contributed by atoms with Crippen LogP contribution in [-0.2, 0) is 16.5 Å². The van der Waals surface area contributed by atoms with E-state index in [4.69, 9.17) is 0 Å². The zero-order valence-corrected chi connectivity index (χ0v) is 8.85. The van der Waals surface area contributed by atoms with Crippen LogP contribution in [0.15, 0.2) is 0 Å². The van der Waals surface area contributed by atoms with Crippen molar-refractivity contribution in [2.45, 2.75) is 0 Å². The molecule has 0 N–H and O–H groups in total. The van der Waals surface area contributed by atoms with Crippen molar-refractivity contribution in [2.75, 3.05) is 0 Å². The average molecular weight is 351 g/mol. The van der Waals surface area contributed by atoms with Gasteiger partial charge in [0.2, 0.25) is 0 Å². The van der Waals surface area contributed by atoms with Crippen LogP contribution in [0.4, 0.5) is 0 Å². The molecule has 0 aliphatic carbocycles. The van der Waals surface area contributed by atoms with E-state index in [0.717, 1.165) is 0 Å². The van der Waals surface area contributed by atoms with Crippen molar-refractivity contribution in [3.63, 3.8) is 0 Å². The van der Waals surface area contributed by atoms with Gasteiger partial charge < -0.3 is 0 Å².